The van der Waals surface area contributed by atoms with E-state index in [9.17, 15) is 9.59 Å². The Morgan fingerprint density at radius 3 is 2.68 bits per heavy atom. The lowest BCUT2D eigenvalue weighted by Crippen LogP contribution is -2.43. The number of ether oxygens (including phenoxy) is 3. The minimum atomic E-state index is -0.834. The smallest absolute Gasteiger partial charge is 0.305 e. The van der Waals surface area contributed by atoms with Gasteiger partial charge in [0.05, 0.1) is 19.3 Å². The van der Waals surface area contributed by atoms with Crippen LogP contribution < -0.4 is 0 Å². The minimum absolute atomic E-state index is 0.105. The van der Waals surface area contributed by atoms with Crippen LogP contribution in [-0.4, -0.2) is 43.5 Å². The molecule has 1 aliphatic heterocycles. The van der Waals surface area contributed by atoms with E-state index in [0.717, 1.165) is 5.56 Å². The fourth-order valence-corrected chi connectivity index (χ4v) is 3.88. The van der Waals surface area contributed by atoms with Gasteiger partial charge in [-0.25, -0.2) is 4.99 Å². The van der Waals surface area contributed by atoms with Crippen molar-refractivity contribution in [1.82, 2.24) is 0 Å². The molecule has 6 heteroatoms. The molecule has 0 unspecified atom stereocenters. The number of hydrogen-bond acceptors (Lipinski definition) is 6. The largest absolute Gasteiger partial charge is 0.499 e. The number of benzene rings is 1. The number of carbonyl (C=O) groups excluding carboxylic acids is 2. The summed E-state index contributed by atoms with van der Waals surface area (Å²) < 4.78 is 16.8. The number of ketones is 1. The molecule has 0 saturated heterocycles. The van der Waals surface area contributed by atoms with E-state index in [4.69, 9.17) is 19.2 Å². The average molecular weight is 385 g/mol. The first-order valence-corrected chi connectivity index (χ1v) is 9.63. The highest BCUT2D eigenvalue weighted by molar-refractivity contribution is 6.11. The lowest BCUT2D eigenvalue weighted by atomic mass is 9.69. The van der Waals surface area contributed by atoms with E-state index in [-0.39, 0.29) is 23.7 Å². The van der Waals surface area contributed by atoms with Gasteiger partial charge in [-0.15, -0.1) is 0 Å². The Morgan fingerprint density at radius 2 is 2.04 bits per heavy atom. The predicted molar refractivity (Wildman–Crippen MR) is 105 cm³/mol. The molecular weight excluding hydrogens is 358 g/mol. The van der Waals surface area contributed by atoms with Gasteiger partial charge in [0.25, 0.3) is 0 Å². The number of methoxy groups -OCH3 is 1. The first-order chi connectivity index (χ1) is 13.3. The van der Waals surface area contributed by atoms with Crippen LogP contribution in [-0.2, 0) is 24.4 Å². The predicted octanol–water partition coefficient (Wildman–Crippen LogP) is 3.59. The molecule has 0 saturated carbocycles. The van der Waals surface area contributed by atoms with Crippen LogP contribution in [0.5, 0.6) is 0 Å². The Balaban J connectivity index is 2.08. The summed E-state index contributed by atoms with van der Waals surface area (Å²) in [7, 11) is 1.55. The van der Waals surface area contributed by atoms with E-state index in [2.05, 4.69) is 0 Å². The fourth-order valence-electron chi connectivity index (χ4n) is 3.88. The summed E-state index contributed by atoms with van der Waals surface area (Å²) in [5, 5.41) is 0. The maximum atomic E-state index is 12.6. The first kappa shape index (κ1) is 20.1. The van der Waals surface area contributed by atoms with Gasteiger partial charge in [-0.05, 0) is 39.2 Å². The highest BCUT2D eigenvalue weighted by atomic mass is 16.5. The molecule has 3 rings (SSSR count). The highest BCUT2D eigenvalue weighted by Crippen LogP contribution is 2.46. The summed E-state index contributed by atoms with van der Waals surface area (Å²) in [5.74, 6) is 0.688. The van der Waals surface area contributed by atoms with Crippen LogP contribution in [0.1, 0.15) is 56.0 Å². The van der Waals surface area contributed by atoms with Crippen molar-refractivity contribution in [2.45, 2.75) is 51.0 Å². The van der Waals surface area contributed by atoms with Gasteiger partial charge < -0.3 is 14.2 Å². The molecule has 1 aliphatic carbocycles. The van der Waals surface area contributed by atoms with E-state index in [1.54, 1.807) is 20.1 Å². The Labute approximate surface area is 165 Å². The molecule has 0 aromatic heterocycles. The zero-order valence-electron chi connectivity index (χ0n) is 16.9. The molecular formula is C22H27NO5. The summed E-state index contributed by atoms with van der Waals surface area (Å²) in [6.45, 7) is 6.60. The van der Waals surface area contributed by atoms with E-state index < -0.39 is 5.41 Å². The van der Waals surface area contributed by atoms with Crippen molar-refractivity contribution in [3.05, 3.63) is 47.2 Å². The highest BCUT2D eigenvalue weighted by Gasteiger charge is 2.51. The van der Waals surface area contributed by atoms with Gasteiger partial charge in [-0.2, -0.15) is 0 Å². The summed E-state index contributed by atoms with van der Waals surface area (Å²) >= 11 is 0. The molecule has 1 atom stereocenters. The van der Waals surface area contributed by atoms with Gasteiger partial charge in [0.15, 0.2) is 5.78 Å². The van der Waals surface area contributed by atoms with E-state index in [0.29, 0.717) is 43.3 Å². The van der Waals surface area contributed by atoms with Crippen molar-refractivity contribution < 1.29 is 23.8 Å². The summed E-state index contributed by atoms with van der Waals surface area (Å²) in [5.41, 5.74) is 0.216. The van der Waals surface area contributed by atoms with Crippen LogP contribution in [0.4, 0.5) is 0 Å². The lowest BCUT2D eigenvalue weighted by molar-refractivity contribution is -0.143. The lowest BCUT2D eigenvalue weighted by Gasteiger charge is -2.38. The molecule has 0 radical (unpaired) electrons. The molecule has 6 nitrogen and oxygen atoms in total. The number of nitrogens with zero attached hydrogens (tertiary/aromatic N) is 1. The fraction of sp³-hybridized carbons (Fsp3) is 0.500. The van der Waals surface area contributed by atoms with Crippen LogP contribution in [0.25, 0.3) is 0 Å². The number of hydrogen-bond donors (Lipinski definition) is 0. The molecule has 0 N–H and O–H groups in total. The second-order valence-electron chi connectivity index (χ2n) is 7.70. The third kappa shape index (κ3) is 3.55. The molecule has 150 valence electrons. The molecule has 1 heterocycles. The number of fused-ring (bicyclic) bond motifs is 1. The molecule has 1 aromatic carbocycles. The molecule has 0 amide bonds. The number of esters is 1. The van der Waals surface area contributed by atoms with Gasteiger partial charge in [-0.3, -0.25) is 9.59 Å². The summed E-state index contributed by atoms with van der Waals surface area (Å²) in [4.78, 5) is 29.3. The Bertz CT molecular complexity index is 839. The second-order valence-corrected chi connectivity index (χ2v) is 7.70. The van der Waals surface area contributed by atoms with Gasteiger partial charge in [0.2, 0.25) is 5.90 Å². The number of rotatable bonds is 7. The van der Waals surface area contributed by atoms with Crippen molar-refractivity contribution in [2.75, 3.05) is 20.3 Å². The standard InChI is InChI=1S/C22H27NO5/c1-5-27-19(25)11-8-12-22(20-23-21(2,3)14-28-20)16-10-7-6-9-15(16)17(24)13-18(22)26-4/h6-7,9-10,13H,5,8,11-12,14H2,1-4H3/t22-/m1/s1. The van der Waals surface area contributed by atoms with Crippen LogP contribution in [0.2, 0.25) is 0 Å². The van der Waals surface area contributed by atoms with E-state index in [1.165, 1.54) is 6.08 Å². The van der Waals surface area contributed by atoms with E-state index >= 15 is 0 Å². The summed E-state index contributed by atoms with van der Waals surface area (Å²) in [6.07, 6.45) is 2.86. The normalized spacial score (nSPS) is 22.6. The van der Waals surface area contributed by atoms with Crippen LogP contribution in [0.3, 0.4) is 0 Å². The molecule has 0 fully saturated rings. The molecule has 0 spiro atoms. The molecule has 2 aliphatic rings. The van der Waals surface area contributed by atoms with Crippen molar-refractivity contribution in [2.24, 2.45) is 4.99 Å². The first-order valence-electron chi connectivity index (χ1n) is 9.63. The van der Waals surface area contributed by atoms with Gasteiger partial charge in [-0.1, -0.05) is 24.3 Å². The SMILES string of the molecule is CCOC(=O)CCC[C@]1(C2=NC(C)(C)CO2)C(OC)=CC(=O)c2ccccc21. The number of allylic oxidation sites excluding steroid dienone is 1. The monoisotopic (exact) mass is 385 g/mol. The van der Waals surface area contributed by atoms with Crippen LogP contribution >= 0.6 is 0 Å². The zero-order valence-corrected chi connectivity index (χ0v) is 16.9. The van der Waals surface area contributed by atoms with Gasteiger partial charge in [0, 0.05) is 18.1 Å². The topological polar surface area (TPSA) is 74.2 Å². The van der Waals surface area contributed by atoms with E-state index in [1.807, 2.05) is 32.0 Å². The number of carbonyl (C=O) groups is 2. The van der Waals surface area contributed by atoms with Gasteiger partial charge >= 0.3 is 5.97 Å². The van der Waals surface area contributed by atoms with Crippen LogP contribution in [0.15, 0.2) is 41.1 Å². The van der Waals surface area contributed by atoms with Crippen molar-refractivity contribution in [3.63, 3.8) is 0 Å². The third-order valence-corrected chi connectivity index (χ3v) is 5.12. The van der Waals surface area contributed by atoms with Crippen LogP contribution in [0, 0.1) is 0 Å². The average Bonchev–Trinajstić information content (AvgIpc) is 3.03. The van der Waals surface area contributed by atoms with Crippen molar-refractivity contribution in [1.29, 1.82) is 0 Å². The molecule has 28 heavy (non-hydrogen) atoms. The Hall–Kier alpha value is -2.63. The van der Waals surface area contributed by atoms with Gasteiger partial charge in [0.1, 0.15) is 17.8 Å². The quantitative estimate of drug-likeness (QED) is 0.671. The molecule has 1 aromatic rings. The van der Waals surface area contributed by atoms with Crippen molar-refractivity contribution in [3.8, 4) is 0 Å². The Morgan fingerprint density at radius 1 is 1.29 bits per heavy atom. The maximum Gasteiger partial charge on any atom is 0.305 e. The minimum Gasteiger partial charge on any atom is -0.499 e. The Kier molecular flexibility index (Phi) is 5.59. The second kappa shape index (κ2) is 7.78. The summed E-state index contributed by atoms with van der Waals surface area (Å²) in [6, 6.07) is 7.46. The number of aliphatic imine (C=N–C) groups is 1. The zero-order chi connectivity index (χ0) is 20.4. The van der Waals surface area contributed by atoms with Crippen molar-refractivity contribution >= 4 is 17.7 Å². The maximum absolute atomic E-state index is 12.6. The third-order valence-electron chi connectivity index (χ3n) is 5.12. The molecule has 0 bridgehead atoms.